The van der Waals surface area contributed by atoms with Crippen molar-refractivity contribution in [2.24, 2.45) is 0 Å². The molecule has 0 saturated carbocycles. The summed E-state index contributed by atoms with van der Waals surface area (Å²) in [6.07, 6.45) is 2.12. The van der Waals surface area contributed by atoms with Crippen molar-refractivity contribution in [1.82, 2.24) is 9.79 Å². The van der Waals surface area contributed by atoms with Crippen molar-refractivity contribution in [1.29, 1.82) is 0 Å². The number of nitrogens with one attached hydrogen (secondary N) is 1. The predicted octanol–water partition coefficient (Wildman–Crippen LogP) is 4.40. The highest BCUT2D eigenvalue weighted by atomic mass is 32.2. The lowest BCUT2D eigenvalue weighted by molar-refractivity contribution is -0.0881. The molecule has 178 valence electrons. The molecule has 1 aliphatic carbocycles. The van der Waals surface area contributed by atoms with Crippen LogP contribution in [0.1, 0.15) is 29.6 Å². The van der Waals surface area contributed by atoms with E-state index in [9.17, 15) is 23.2 Å². The van der Waals surface area contributed by atoms with Gasteiger partial charge in [-0.3, -0.25) is 10.0 Å². The Morgan fingerprint density at radius 1 is 1.18 bits per heavy atom. The fourth-order valence-electron chi connectivity index (χ4n) is 3.72. The minimum absolute atomic E-state index is 0.109. The molecule has 2 N–H and O–H groups in total. The van der Waals surface area contributed by atoms with Crippen molar-refractivity contribution < 1.29 is 37.4 Å². The van der Waals surface area contributed by atoms with Crippen LogP contribution in [0, 0.1) is 0 Å². The predicted molar refractivity (Wildman–Crippen MR) is 114 cm³/mol. The standard InChI is InChI=1S/C22H23F3N2O5S/c23-22(24,25)14-2-1-3-15(5-4-14)32-16-8-10-27(11-9-16)33-18-7-6-17-20(31-13-12-30-17)19(18)21(28)26-29/h1-2,4-7,16,29H,3,8-13H2,(H,26,28). The number of hydrogen-bond donors (Lipinski definition) is 2. The Hall–Kier alpha value is -2.63. The van der Waals surface area contributed by atoms with Gasteiger partial charge in [0.15, 0.2) is 11.5 Å². The Bertz CT molecular complexity index is 985. The highest BCUT2D eigenvalue weighted by Crippen LogP contribution is 2.41. The molecule has 0 spiro atoms. The molecular weight excluding hydrogens is 461 g/mol. The van der Waals surface area contributed by atoms with Crippen LogP contribution < -0.4 is 15.0 Å². The van der Waals surface area contributed by atoms with Crippen molar-refractivity contribution in [2.75, 3.05) is 26.3 Å². The summed E-state index contributed by atoms with van der Waals surface area (Å²) in [5.41, 5.74) is 1.18. The molecule has 0 radical (unpaired) electrons. The fourth-order valence-corrected chi connectivity index (χ4v) is 4.80. The smallest absolute Gasteiger partial charge is 0.416 e. The number of amides is 1. The lowest BCUT2D eigenvalue weighted by Crippen LogP contribution is -2.33. The van der Waals surface area contributed by atoms with Gasteiger partial charge in [0.25, 0.3) is 5.91 Å². The number of alkyl halides is 3. The van der Waals surface area contributed by atoms with Crippen LogP contribution in [-0.2, 0) is 4.74 Å². The zero-order chi connectivity index (χ0) is 23.4. The number of piperidine rings is 1. The summed E-state index contributed by atoms with van der Waals surface area (Å²) >= 11 is 1.37. The molecule has 7 nitrogen and oxygen atoms in total. The SMILES string of the molecule is O=C(NO)c1c(SN2CCC(OC3=CC=C(C(F)(F)F)C=CC3)CC2)ccc2c1OCCO2. The van der Waals surface area contributed by atoms with Crippen LogP contribution in [0.15, 0.2) is 52.7 Å². The van der Waals surface area contributed by atoms with Gasteiger partial charge in [-0.25, -0.2) is 9.79 Å². The third-order valence-electron chi connectivity index (χ3n) is 5.34. The summed E-state index contributed by atoms with van der Waals surface area (Å²) < 4.78 is 57.8. The van der Waals surface area contributed by atoms with Gasteiger partial charge in [0.05, 0.1) is 5.57 Å². The van der Waals surface area contributed by atoms with E-state index in [2.05, 4.69) is 4.31 Å². The summed E-state index contributed by atoms with van der Waals surface area (Å²) in [5, 5.41) is 9.18. The van der Waals surface area contributed by atoms with Crippen LogP contribution in [0.3, 0.4) is 0 Å². The molecule has 3 aliphatic rings. The fraction of sp³-hybridized carbons (Fsp3) is 0.409. The summed E-state index contributed by atoms with van der Waals surface area (Å²) in [7, 11) is 0. The van der Waals surface area contributed by atoms with Crippen LogP contribution in [0.25, 0.3) is 0 Å². The average Bonchev–Trinajstić information content (AvgIpc) is 3.05. The molecule has 1 aromatic carbocycles. The van der Waals surface area contributed by atoms with E-state index in [0.29, 0.717) is 67.7 Å². The zero-order valence-electron chi connectivity index (χ0n) is 17.6. The first-order valence-corrected chi connectivity index (χ1v) is 11.2. The van der Waals surface area contributed by atoms with Gasteiger partial charge in [0.1, 0.15) is 30.6 Å². The number of hydroxylamine groups is 1. The maximum absolute atomic E-state index is 12.9. The molecule has 1 fully saturated rings. The molecule has 0 bridgehead atoms. The van der Waals surface area contributed by atoms with Gasteiger partial charge in [0, 0.05) is 24.4 Å². The molecule has 11 heteroatoms. The van der Waals surface area contributed by atoms with Crippen molar-refractivity contribution in [2.45, 2.75) is 36.4 Å². The Labute approximate surface area is 192 Å². The first-order valence-electron chi connectivity index (χ1n) is 10.5. The van der Waals surface area contributed by atoms with Crippen LogP contribution in [0.2, 0.25) is 0 Å². The van der Waals surface area contributed by atoms with Crippen molar-refractivity contribution in [3.8, 4) is 11.5 Å². The second-order valence-electron chi connectivity index (χ2n) is 7.60. The first kappa shape index (κ1) is 23.5. The number of ether oxygens (including phenoxy) is 3. The third-order valence-corrected chi connectivity index (χ3v) is 6.50. The van der Waals surface area contributed by atoms with E-state index in [-0.39, 0.29) is 11.7 Å². The normalized spacial score (nSPS) is 19.4. The van der Waals surface area contributed by atoms with Crippen molar-refractivity contribution in [3.63, 3.8) is 0 Å². The summed E-state index contributed by atoms with van der Waals surface area (Å²) in [4.78, 5) is 12.9. The molecule has 0 aromatic heterocycles. The molecule has 2 aliphatic heterocycles. The third kappa shape index (κ3) is 5.66. The summed E-state index contributed by atoms with van der Waals surface area (Å²) in [5.74, 6) is 0.573. The van der Waals surface area contributed by atoms with Gasteiger partial charge in [-0.1, -0.05) is 12.2 Å². The van der Waals surface area contributed by atoms with Gasteiger partial charge in [-0.2, -0.15) is 13.2 Å². The molecule has 4 rings (SSSR count). The van der Waals surface area contributed by atoms with Gasteiger partial charge >= 0.3 is 6.18 Å². The number of halogens is 3. The summed E-state index contributed by atoms with van der Waals surface area (Å²) in [6, 6.07) is 3.48. The quantitative estimate of drug-likeness (QED) is 0.364. The highest BCUT2D eigenvalue weighted by Gasteiger charge is 2.32. The number of hydrogen-bond acceptors (Lipinski definition) is 7. The number of carbonyl (C=O) groups excluding carboxylic acids is 1. The van der Waals surface area contributed by atoms with Crippen LogP contribution >= 0.6 is 11.9 Å². The number of benzene rings is 1. The van der Waals surface area contributed by atoms with E-state index in [4.69, 9.17) is 14.2 Å². The Kier molecular flexibility index (Phi) is 7.20. The summed E-state index contributed by atoms with van der Waals surface area (Å²) in [6.45, 7) is 1.99. The monoisotopic (exact) mass is 484 g/mol. The van der Waals surface area contributed by atoms with Crippen molar-refractivity contribution in [3.05, 3.63) is 53.3 Å². The second-order valence-corrected chi connectivity index (χ2v) is 8.74. The van der Waals surface area contributed by atoms with E-state index < -0.39 is 17.7 Å². The Balaban J connectivity index is 1.38. The first-order chi connectivity index (χ1) is 15.8. The van der Waals surface area contributed by atoms with Crippen LogP contribution in [0.4, 0.5) is 13.2 Å². The van der Waals surface area contributed by atoms with Crippen LogP contribution in [0.5, 0.6) is 11.5 Å². The van der Waals surface area contributed by atoms with E-state index in [0.717, 1.165) is 12.2 Å². The van der Waals surface area contributed by atoms with E-state index in [1.165, 1.54) is 24.1 Å². The molecule has 0 atom stereocenters. The molecule has 1 saturated heterocycles. The lowest BCUT2D eigenvalue weighted by Gasteiger charge is -2.32. The van der Waals surface area contributed by atoms with Gasteiger partial charge in [-0.05, 0) is 49.1 Å². The number of fused-ring (bicyclic) bond motifs is 1. The number of rotatable bonds is 5. The van der Waals surface area contributed by atoms with Crippen molar-refractivity contribution >= 4 is 17.9 Å². The molecule has 0 unspecified atom stereocenters. The molecular formula is C22H23F3N2O5S. The molecule has 1 amide bonds. The van der Waals surface area contributed by atoms with Gasteiger partial charge in [-0.15, -0.1) is 0 Å². The van der Waals surface area contributed by atoms with Gasteiger partial charge in [0.2, 0.25) is 0 Å². The van der Waals surface area contributed by atoms with Crippen LogP contribution in [-0.4, -0.2) is 54.0 Å². The van der Waals surface area contributed by atoms with Gasteiger partial charge < -0.3 is 14.2 Å². The minimum atomic E-state index is -4.38. The van der Waals surface area contributed by atoms with E-state index in [1.54, 1.807) is 17.6 Å². The molecule has 33 heavy (non-hydrogen) atoms. The maximum Gasteiger partial charge on any atom is 0.416 e. The maximum atomic E-state index is 12.9. The minimum Gasteiger partial charge on any atom is -0.494 e. The Morgan fingerprint density at radius 2 is 1.94 bits per heavy atom. The largest absolute Gasteiger partial charge is 0.494 e. The van der Waals surface area contributed by atoms with E-state index in [1.807, 2.05) is 0 Å². The lowest BCUT2D eigenvalue weighted by atomic mass is 10.1. The molecule has 2 heterocycles. The topological polar surface area (TPSA) is 80.3 Å². The van der Waals surface area contributed by atoms with E-state index >= 15 is 0 Å². The highest BCUT2D eigenvalue weighted by molar-refractivity contribution is 7.97. The Morgan fingerprint density at radius 3 is 2.67 bits per heavy atom. The zero-order valence-corrected chi connectivity index (χ0v) is 18.4. The number of allylic oxidation sites excluding steroid dienone is 5. The number of nitrogens with zero attached hydrogens (tertiary/aromatic N) is 1. The average molecular weight is 484 g/mol. The number of carbonyl (C=O) groups is 1. The second kappa shape index (κ2) is 10.1. The molecule has 1 aromatic rings.